The van der Waals surface area contributed by atoms with Gasteiger partial charge in [0.2, 0.25) is 5.95 Å². The Bertz CT molecular complexity index is 621. The van der Waals surface area contributed by atoms with Crippen LogP contribution in [0.4, 0.5) is 30.6 Å². The third-order valence-corrected chi connectivity index (χ3v) is 2.84. The zero-order valence-electron chi connectivity index (χ0n) is 9.64. The first-order valence-electron chi connectivity index (χ1n) is 5.13. The zero-order valence-corrected chi connectivity index (χ0v) is 11.2. The first kappa shape index (κ1) is 13.6. The maximum absolute atomic E-state index is 13.6. The maximum Gasteiger partial charge on any atom is 0.224 e. The Hall–Kier alpha value is -1.83. The fourth-order valence-electron chi connectivity index (χ4n) is 1.32. The van der Waals surface area contributed by atoms with Gasteiger partial charge in [-0.3, -0.25) is 0 Å². The van der Waals surface area contributed by atoms with Gasteiger partial charge in [0.1, 0.15) is 11.6 Å². The Morgan fingerprint density at radius 2 is 1.84 bits per heavy atom. The summed E-state index contributed by atoms with van der Waals surface area (Å²) in [4.78, 5) is 7.41. The second-order valence-corrected chi connectivity index (χ2v) is 4.37. The van der Waals surface area contributed by atoms with Crippen LogP contribution in [0.5, 0.6) is 0 Å². The molecule has 0 atom stereocenters. The second kappa shape index (κ2) is 5.43. The van der Waals surface area contributed by atoms with Gasteiger partial charge in [-0.25, -0.2) is 18.2 Å². The molecule has 100 valence electrons. The van der Waals surface area contributed by atoms with E-state index in [9.17, 15) is 13.2 Å². The van der Waals surface area contributed by atoms with Gasteiger partial charge in [0, 0.05) is 13.1 Å². The molecular formula is C11H8BrF3N4. The Morgan fingerprint density at radius 1 is 1.11 bits per heavy atom. The van der Waals surface area contributed by atoms with Crippen molar-refractivity contribution in [1.29, 1.82) is 0 Å². The molecule has 0 aliphatic carbocycles. The van der Waals surface area contributed by atoms with Gasteiger partial charge in [-0.15, -0.1) is 0 Å². The topological polar surface area (TPSA) is 49.8 Å². The number of nitrogens with one attached hydrogen (secondary N) is 2. The van der Waals surface area contributed by atoms with Crippen LogP contribution in [-0.2, 0) is 0 Å². The lowest BCUT2D eigenvalue weighted by Crippen LogP contribution is -2.04. The van der Waals surface area contributed by atoms with Gasteiger partial charge in [0.05, 0.1) is 16.4 Å². The number of halogens is 4. The molecule has 0 spiro atoms. The van der Waals surface area contributed by atoms with E-state index in [0.717, 1.165) is 18.3 Å². The maximum atomic E-state index is 13.6. The quantitative estimate of drug-likeness (QED) is 0.845. The molecule has 1 aromatic heterocycles. The summed E-state index contributed by atoms with van der Waals surface area (Å²) in [6.45, 7) is 0. The fourth-order valence-corrected chi connectivity index (χ4v) is 1.64. The van der Waals surface area contributed by atoms with Crippen LogP contribution in [0.1, 0.15) is 0 Å². The lowest BCUT2D eigenvalue weighted by Gasteiger charge is -2.09. The van der Waals surface area contributed by atoms with Crippen LogP contribution in [0.3, 0.4) is 0 Å². The normalized spacial score (nSPS) is 10.4. The number of nitrogens with zero attached hydrogens (tertiary/aromatic N) is 2. The number of aromatic nitrogens is 2. The van der Waals surface area contributed by atoms with Gasteiger partial charge in [0.15, 0.2) is 11.6 Å². The number of rotatable bonds is 3. The van der Waals surface area contributed by atoms with Gasteiger partial charge >= 0.3 is 0 Å². The molecule has 0 fully saturated rings. The lowest BCUT2D eigenvalue weighted by molar-refractivity contribution is 0.596. The molecule has 19 heavy (non-hydrogen) atoms. The molecule has 2 N–H and O–H groups in total. The zero-order chi connectivity index (χ0) is 14.0. The molecule has 2 rings (SSSR count). The summed E-state index contributed by atoms with van der Waals surface area (Å²) in [7, 11) is 1.55. The number of benzene rings is 1. The highest BCUT2D eigenvalue weighted by molar-refractivity contribution is 9.10. The van der Waals surface area contributed by atoms with Crippen molar-refractivity contribution >= 4 is 33.4 Å². The highest BCUT2D eigenvalue weighted by Gasteiger charge is 2.12. The van der Waals surface area contributed by atoms with E-state index in [2.05, 4.69) is 36.5 Å². The minimum atomic E-state index is -0.776. The van der Waals surface area contributed by atoms with E-state index >= 15 is 0 Å². The SMILES string of the molecule is CNc1ncc(F)c(Nc2cc(F)c(Br)cc2F)n1. The first-order valence-corrected chi connectivity index (χ1v) is 5.92. The molecule has 0 unspecified atom stereocenters. The summed E-state index contributed by atoms with van der Waals surface area (Å²) in [5.74, 6) is -2.28. The number of hydrogen-bond donors (Lipinski definition) is 2. The van der Waals surface area contributed by atoms with Gasteiger partial charge in [-0.1, -0.05) is 0 Å². The van der Waals surface area contributed by atoms with Crippen molar-refractivity contribution in [3.8, 4) is 0 Å². The second-order valence-electron chi connectivity index (χ2n) is 3.51. The van der Waals surface area contributed by atoms with E-state index < -0.39 is 17.5 Å². The van der Waals surface area contributed by atoms with Crippen molar-refractivity contribution in [2.24, 2.45) is 0 Å². The van der Waals surface area contributed by atoms with Crippen LogP contribution in [0.2, 0.25) is 0 Å². The largest absolute Gasteiger partial charge is 0.357 e. The third kappa shape index (κ3) is 2.95. The molecular weight excluding hydrogens is 325 g/mol. The molecule has 8 heteroatoms. The van der Waals surface area contributed by atoms with Crippen molar-refractivity contribution in [3.63, 3.8) is 0 Å². The van der Waals surface area contributed by atoms with Crippen LogP contribution < -0.4 is 10.6 Å². The van der Waals surface area contributed by atoms with E-state index in [0.29, 0.717) is 0 Å². The molecule has 0 saturated heterocycles. The van der Waals surface area contributed by atoms with E-state index in [1.807, 2.05) is 0 Å². The fraction of sp³-hybridized carbons (Fsp3) is 0.0909. The Balaban J connectivity index is 2.38. The molecule has 0 saturated carbocycles. The average Bonchev–Trinajstić information content (AvgIpc) is 2.38. The van der Waals surface area contributed by atoms with Crippen molar-refractivity contribution in [3.05, 3.63) is 40.3 Å². The summed E-state index contributed by atoms with van der Waals surface area (Å²) < 4.78 is 40.3. The highest BCUT2D eigenvalue weighted by atomic mass is 79.9. The summed E-state index contributed by atoms with van der Waals surface area (Å²) >= 11 is 2.85. The van der Waals surface area contributed by atoms with Crippen molar-refractivity contribution in [2.75, 3.05) is 17.7 Å². The van der Waals surface area contributed by atoms with Gasteiger partial charge in [-0.05, 0) is 22.0 Å². The predicted octanol–water partition coefficient (Wildman–Crippen LogP) is 3.44. The molecule has 4 nitrogen and oxygen atoms in total. The van der Waals surface area contributed by atoms with Gasteiger partial charge in [-0.2, -0.15) is 4.98 Å². The van der Waals surface area contributed by atoms with E-state index in [1.54, 1.807) is 7.05 Å². The minimum absolute atomic E-state index is 0.0189. The Labute approximate surface area is 115 Å². The molecule has 1 aromatic carbocycles. The van der Waals surface area contributed by atoms with Crippen molar-refractivity contribution < 1.29 is 13.2 Å². The van der Waals surface area contributed by atoms with Crippen LogP contribution in [0.15, 0.2) is 22.8 Å². The van der Waals surface area contributed by atoms with Crippen molar-refractivity contribution in [1.82, 2.24) is 9.97 Å². The minimum Gasteiger partial charge on any atom is -0.357 e. The summed E-state index contributed by atoms with van der Waals surface area (Å²) in [5, 5.41) is 4.99. The number of hydrogen-bond acceptors (Lipinski definition) is 4. The molecule has 0 radical (unpaired) electrons. The van der Waals surface area contributed by atoms with Crippen LogP contribution in [-0.4, -0.2) is 17.0 Å². The van der Waals surface area contributed by atoms with E-state index in [1.165, 1.54) is 0 Å². The predicted molar refractivity (Wildman–Crippen MR) is 68.9 cm³/mol. The molecule has 1 heterocycles. The molecule has 2 aromatic rings. The number of anilines is 3. The molecule has 0 bridgehead atoms. The highest BCUT2D eigenvalue weighted by Crippen LogP contribution is 2.26. The van der Waals surface area contributed by atoms with E-state index in [4.69, 9.17) is 0 Å². The molecule has 0 amide bonds. The lowest BCUT2D eigenvalue weighted by atomic mass is 10.3. The van der Waals surface area contributed by atoms with Crippen molar-refractivity contribution in [2.45, 2.75) is 0 Å². The van der Waals surface area contributed by atoms with E-state index in [-0.39, 0.29) is 21.9 Å². The van der Waals surface area contributed by atoms with Crippen LogP contribution in [0, 0.1) is 17.5 Å². The first-order chi connectivity index (χ1) is 9.01. The summed E-state index contributed by atoms with van der Waals surface area (Å²) in [6.07, 6.45) is 0.925. The van der Waals surface area contributed by atoms with Gasteiger partial charge < -0.3 is 10.6 Å². The molecule has 0 aliphatic heterocycles. The Morgan fingerprint density at radius 3 is 2.53 bits per heavy atom. The monoisotopic (exact) mass is 332 g/mol. The van der Waals surface area contributed by atoms with Gasteiger partial charge in [0.25, 0.3) is 0 Å². The Kier molecular flexibility index (Phi) is 3.89. The standard InChI is InChI=1S/C11H8BrF3N4/c1-16-11-17-4-8(15)10(19-11)18-9-3-6(13)5(12)2-7(9)14/h2-4H,1H3,(H2,16,17,18,19). The smallest absolute Gasteiger partial charge is 0.224 e. The molecule has 0 aliphatic rings. The summed E-state index contributed by atoms with van der Waals surface area (Å²) in [6, 6.07) is 1.84. The third-order valence-electron chi connectivity index (χ3n) is 2.23. The average molecular weight is 333 g/mol. The van der Waals surface area contributed by atoms with Crippen LogP contribution >= 0.6 is 15.9 Å². The summed E-state index contributed by atoms with van der Waals surface area (Å²) in [5.41, 5.74) is -0.222. The van der Waals surface area contributed by atoms with Crippen LogP contribution in [0.25, 0.3) is 0 Å².